The molecule has 0 radical (unpaired) electrons. The minimum atomic E-state index is -0.283. The van der Waals surface area contributed by atoms with Crippen molar-refractivity contribution >= 4 is 11.6 Å². The van der Waals surface area contributed by atoms with Gasteiger partial charge in [0, 0.05) is 36.4 Å². The molecule has 1 atom stereocenters. The smallest absolute Gasteiger partial charge is 0.242 e. The van der Waals surface area contributed by atoms with E-state index in [-0.39, 0.29) is 23.3 Å². The van der Waals surface area contributed by atoms with Crippen molar-refractivity contribution in [1.82, 2.24) is 10.6 Å². The molecule has 0 spiro atoms. The summed E-state index contributed by atoms with van der Waals surface area (Å²) >= 11 is 0. The molecule has 0 bridgehead atoms. The third kappa shape index (κ3) is 3.73. The molecule has 116 valence electrons. The highest BCUT2D eigenvalue weighted by atomic mass is 19.1. The van der Waals surface area contributed by atoms with Gasteiger partial charge in [0.25, 0.3) is 0 Å². The number of piperazine rings is 1. The standard InChI is InChI=1S/C16H24FN3O/c1-11-15(21)18-8-9-20(11)14-7-5-6-13(17)12(14)10-19-16(2,3)4/h5-7,11,19H,8-10H2,1-4H3,(H,18,21). The van der Waals surface area contributed by atoms with E-state index in [1.165, 1.54) is 6.07 Å². The molecule has 1 saturated heterocycles. The van der Waals surface area contributed by atoms with Crippen molar-refractivity contribution in [2.45, 2.75) is 45.8 Å². The SMILES string of the molecule is CC1C(=O)NCCN1c1cccc(F)c1CNC(C)(C)C. The molecular formula is C16H24FN3O. The zero-order valence-corrected chi connectivity index (χ0v) is 13.2. The van der Waals surface area contributed by atoms with Gasteiger partial charge in [0.15, 0.2) is 0 Å². The van der Waals surface area contributed by atoms with E-state index in [9.17, 15) is 9.18 Å². The van der Waals surface area contributed by atoms with E-state index in [0.717, 1.165) is 5.69 Å². The van der Waals surface area contributed by atoms with Crippen molar-refractivity contribution in [1.29, 1.82) is 0 Å². The molecule has 1 aromatic rings. The van der Waals surface area contributed by atoms with Gasteiger partial charge >= 0.3 is 0 Å². The molecule has 21 heavy (non-hydrogen) atoms. The van der Waals surface area contributed by atoms with Crippen molar-refractivity contribution in [2.75, 3.05) is 18.0 Å². The summed E-state index contributed by atoms with van der Waals surface area (Å²) < 4.78 is 14.2. The van der Waals surface area contributed by atoms with Crippen LogP contribution in [0.5, 0.6) is 0 Å². The summed E-state index contributed by atoms with van der Waals surface area (Å²) in [6.45, 7) is 9.71. The van der Waals surface area contributed by atoms with Gasteiger partial charge in [0.2, 0.25) is 5.91 Å². The molecule has 1 unspecified atom stereocenters. The van der Waals surface area contributed by atoms with Crippen LogP contribution in [-0.4, -0.2) is 30.6 Å². The molecule has 1 aliphatic heterocycles. The lowest BCUT2D eigenvalue weighted by atomic mass is 10.0. The van der Waals surface area contributed by atoms with Crippen LogP contribution in [0, 0.1) is 5.82 Å². The first-order chi connectivity index (χ1) is 9.79. The van der Waals surface area contributed by atoms with Gasteiger partial charge in [0.1, 0.15) is 11.9 Å². The summed E-state index contributed by atoms with van der Waals surface area (Å²) in [6, 6.07) is 4.77. The molecule has 1 fully saturated rings. The van der Waals surface area contributed by atoms with Crippen LogP contribution in [0.4, 0.5) is 10.1 Å². The Morgan fingerprint density at radius 2 is 2.14 bits per heavy atom. The zero-order valence-electron chi connectivity index (χ0n) is 13.2. The van der Waals surface area contributed by atoms with Gasteiger partial charge in [0.05, 0.1) is 0 Å². The fourth-order valence-corrected chi connectivity index (χ4v) is 2.46. The number of nitrogens with zero attached hydrogens (tertiary/aromatic N) is 1. The van der Waals surface area contributed by atoms with E-state index >= 15 is 0 Å². The van der Waals surface area contributed by atoms with E-state index in [1.807, 2.05) is 38.7 Å². The Balaban J connectivity index is 2.30. The summed E-state index contributed by atoms with van der Waals surface area (Å²) in [5.41, 5.74) is 1.33. The third-order valence-electron chi connectivity index (χ3n) is 3.70. The Morgan fingerprint density at radius 1 is 1.43 bits per heavy atom. The first-order valence-corrected chi connectivity index (χ1v) is 7.36. The Kier molecular flexibility index (Phi) is 4.52. The monoisotopic (exact) mass is 293 g/mol. The summed E-state index contributed by atoms with van der Waals surface area (Å²) in [4.78, 5) is 13.8. The summed E-state index contributed by atoms with van der Waals surface area (Å²) in [5, 5.41) is 6.15. The lowest BCUT2D eigenvalue weighted by Gasteiger charge is -2.36. The second-order valence-electron chi connectivity index (χ2n) is 6.50. The number of hydrogen-bond donors (Lipinski definition) is 2. The zero-order chi connectivity index (χ0) is 15.6. The van der Waals surface area contributed by atoms with Crippen LogP contribution in [0.2, 0.25) is 0 Å². The lowest BCUT2D eigenvalue weighted by Crippen LogP contribution is -2.54. The maximum atomic E-state index is 14.2. The van der Waals surface area contributed by atoms with Gasteiger partial charge in [-0.15, -0.1) is 0 Å². The normalized spacial score (nSPS) is 19.6. The van der Waals surface area contributed by atoms with Crippen LogP contribution < -0.4 is 15.5 Å². The van der Waals surface area contributed by atoms with Crippen LogP contribution in [0.1, 0.15) is 33.3 Å². The minimum Gasteiger partial charge on any atom is -0.358 e. The first kappa shape index (κ1) is 15.8. The molecule has 5 heteroatoms. The first-order valence-electron chi connectivity index (χ1n) is 7.36. The largest absolute Gasteiger partial charge is 0.358 e. The van der Waals surface area contributed by atoms with Gasteiger partial charge in [-0.05, 0) is 39.8 Å². The summed E-state index contributed by atoms with van der Waals surface area (Å²) in [6.07, 6.45) is 0. The predicted molar refractivity (Wildman–Crippen MR) is 82.8 cm³/mol. The number of benzene rings is 1. The van der Waals surface area contributed by atoms with E-state index in [1.54, 1.807) is 6.07 Å². The maximum Gasteiger partial charge on any atom is 0.242 e. The number of anilines is 1. The van der Waals surface area contributed by atoms with Crippen molar-refractivity contribution in [3.63, 3.8) is 0 Å². The molecule has 1 heterocycles. The molecule has 0 aliphatic carbocycles. The van der Waals surface area contributed by atoms with E-state index in [0.29, 0.717) is 25.2 Å². The Hall–Kier alpha value is -1.62. The molecular weight excluding hydrogens is 269 g/mol. The van der Waals surface area contributed by atoms with Gasteiger partial charge in [-0.1, -0.05) is 6.07 Å². The number of nitrogens with one attached hydrogen (secondary N) is 2. The molecule has 4 nitrogen and oxygen atoms in total. The average molecular weight is 293 g/mol. The van der Waals surface area contributed by atoms with Crippen LogP contribution >= 0.6 is 0 Å². The number of hydrogen-bond acceptors (Lipinski definition) is 3. The van der Waals surface area contributed by atoms with Crippen molar-refractivity contribution < 1.29 is 9.18 Å². The van der Waals surface area contributed by atoms with Gasteiger partial charge < -0.3 is 15.5 Å². The topological polar surface area (TPSA) is 44.4 Å². The second kappa shape index (κ2) is 6.02. The molecule has 0 aromatic heterocycles. The lowest BCUT2D eigenvalue weighted by molar-refractivity contribution is -0.122. The van der Waals surface area contributed by atoms with Gasteiger partial charge in [-0.3, -0.25) is 4.79 Å². The summed E-state index contributed by atoms with van der Waals surface area (Å²) in [5.74, 6) is -0.248. The highest BCUT2D eigenvalue weighted by Gasteiger charge is 2.28. The second-order valence-corrected chi connectivity index (χ2v) is 6.50. The van der Waals surface area contributed by atoms with Crippen molar-refractivity contribution in [3.8, 4) is 0 Å². The Bertz CT molecular complexity index is 525. The average Bonchev–Trinajstić information content (AvgIpc) is 2.39. The highest BCUT2D eigenvalue weighted by Crippen LogP contribution is 2.26. The maximum absolute atomic E-state index is 14.2. The molecule has 1 amide bonds. The van der Waals surface area contributed by atoms with Crippen LogP contribution in [0.25, 0.3) is 0 Å². The molecule has 1 aromatic carbocycles. The number of rotatable bonds is 3. The van der Waals surface area contributed by atoms with Crippen LogP contribution in [0.3, 0.4) is 0 Å². The van der Waals surface area contributed by atoms with E-state index in [2.05, 4.69) is 10.6 Å². The molecule has 0 saturated carbocycles. The predicted octanol–water partition coefficient (Wildman–Crippen LogP) is 2.04. The molecule has 2 N–H and O–H groups in total. The third-order valence-corrected chi connectivity index (χ3v) is 3.70. The summed E-state index contributed by atoms with van der Waals surface area (Å²) in [7, 11) is 0. The number of amides is 1. The Morgan fingerprint density at radius 3 is 2.81 bits per heavy atom. The van der Waals surface area contributed by atoms with Crippen LogP contribution in [0.15, 0.2) is 18.2 Å². The van der Waals surface area contributed by atoms with E-state index < -0.39 is 0 Å². The fraction of sp³-hybridized carbons (Fsp3) is 0.562. The van der Waals surface area contributed by atoms with Gasteiger partial charge in [-0.2, -0.15) is 0 Å². The van der Waals surface area contributed by atoms with Crippen molar-refractivity contribution in [2.24, 2.45) is 0 Å². The number of carbonyl (C=O) groups excluding carboxylic acids is 1. The number of carbonyl (C=O) groups is 1. The fourth-order valence-electron chi connectivity index (χ4n) is 2.46. The van der Waals surface area contributed by atoms with Gasteiger partial charge in [-0.25, -0.2) is 4.39 Å². The molecule has 2 rings (SSSR count). The molecule has 1 aliphatic rings. The number of halogens is 1. The van der Waals surface area contributed by atoms with E-state index in [4.69, 9.17) is 0 Å². The van der Waals surface area contributed by atoms with Crippen molar-refractivity contribution in [3.05, 3.63) is 29.6 Å². The quantitative estimate of drug-likeness (QED) is 0.896. The minimum absolute atomic E-state index is 0.0137. The van der Waals surface area contributed by atoms with Crippen LogP contribution in [-0.2, 0) is 11.3 Å². The Labute approximate surface area is 125 Å². The highest BCUT2D eigenvalue weighted by molar-refractivity contribution is 5.86.